The Kier molecular flexibility index (Phi) is 7.47. The summed E-state index contributed by atoms with van der Waals surface area (Å²) in [6, 6.07) is 0. The zero-order chi connectivity index (χ0) is 20.1. The van der Waals surface area contributed by atoms with Gasteiger partial charge in [0, 0.05) is 19.5 Å². The largest absolute Gasteiger partial charge is 0.481 e. The van der Waals surface area contributed by atoms with E-state index in [9.17, 15) is 14.4 Å². The van der Waals surface area contributed by atoms with Crippen molar-refractivity contribution >= 4 is 18.0 Å². The van der Waals surface area contributed by atoms with Crippen LogP contribution in [0.15, 0.2) is 0 Å². The average molecular weight is 371 g/mol. The average Bonchev–Trinajstić information content (AvgIpc) is 2.88. The van der Waals surface area contributed by atoms with Gasteiger partial charge in [-0.1, -0.05) is 0 Å². The number of carboxylic acid groups (broad SMARTS) is 1. The first kappa shape index (κ1) is 22.3. The second-order valence-electron chi connectivity index (χ2n) is 8.90. The minimum Gasteiger partial charge on any atom is -0.481 e. The molecule has 7 heteroatoms. The van der Waals surface area contributed by atoms with Crippen molar-refractivity contribution < 1.29 is 29.0 Å². The summed E-state index contributed by atoms with van der Waals surface area (Å²) in [5.41, 5.74) is -1.17. The maximum absolute atomic E-state index is 12.6. The number of carboxylic acids is 1. The third-order valence-corrected chi connectivity index (χ3v) is 4.06. The number of nitrogens with zero attached hydrogens (tertiary/aromatic N) is 1. The van der Waals surface area contributed by atoms with E-state index in [-0.39, 0.29) is 24.4 Å². The lowest BCUT2D eigenvalue weighted by Crippen LogP contribution is -2.37. The first-order valence-electron chi connectivity index (χ1n) is 9.21. The standard InChI is InChI=1S/C19H33NO6/c1-18(2,3)25-16(23)14(8-7-9-15(21)22)13-10-11-20(12-13)17(24)26-19(4,5)6/h13-14H,7-12H2,1-6H3,(H,21,22)/t13-,14-/m0/s1. The van der Waals surface area contributed by atoms with Gasteiger partial charge in [-0.05, 0) is 66.7 Å². The number of ether oxygens (including phenoxy) is 2. The topological polar surface area (TPSA) is 93.1 Å². The van der Waals surface area contributed by atoms with E-state index in [0.29, 0.717) is 32.4 Å². The number of aliphatic carboxylic acids is 1. The van der Waals surface area contributed by atoms with Gasteiger partial charge in [-0.25, -0.2) is 4.79 Å². The molecule has 0 bridgehead atoms. The highest BCUT2D eigenvalue weighted by Gasteiger charge is 2.38. The smallest absolute Gasteiger partial charge is 0.410 e. The van der Waals surface area contributed by atoms with Crippen molar-refractivity contribution in [3.63, 3.8) is 0 Å². The van der Waals surface area contributed by atoms with Crippen molar-refractivity contribution in [1.82, 2.24) is 4.90 Å². The number of carbonyl (C=O) groups is 3. The fourth-order valence-electron chi connectivity index (χ4n) is 3.00. The van der Waals surface area contributed by atoms with Crippen molar-refractivity contribution in [2.75, 3.05) is 13.1 Å². The fourth-order valence-corrected chi connectivity index (χ4v) is 3.00. The molecular formula is C19H33NO6. The molecular weight excluding hydrogens is 338 g/mol. The Balaban J connectivity index is 2.76. The second kappa shape index (κ2) is 8.73. The van der Waals surface area contributed by atoms with E-state index in [1.165, 1.54) is 0 Å². The molecule has 1 aliphatic heterocycles. The van der Waals surface area contributed by atoms with Gasteiger partial charge in [0.15, 0.2) is 0 Å². The molecule has 0 saturated carbocycles. The quantitative estimate of drug-likeness (QED) is 0.719. The summed E-state index contributed by atoms with van der Waals surface area (Å²) in [5.74, 6) is -1.67. The van der Waals surface area contributed by atoms with E-state index in [2.05, 4.69) is 0 Å². The van der Waals surface area contributed by atoms with Crippen molar-refractivity contribution in [3.8, 4) is 0 Å². The van der Waals surface area contributed by atoms with E-state index in [4.69, 9.17) is 14.6 Å². The van der Waals surface area contributed by atoms with E-state index in [1.54, 1.807) is 25.7 Å². The molecule has 1 heterocycles. The van der Waals surface area contributed by atoms with Crippen LogP contribution in [0.2, 0.25) is 0 Å². The van der Waals surface area contributed by atoms with E-state index >= 15 is 0 Å². The molecule has 1 rings (SSSR count). The molecule has 0 aromatic carbocycles. The molecule has 26 heavy (non-hydrogen) atoms. The molecule has 1 saturated heterocycles. The molecule has 0 aliphatic carbocycles. The monoisotopic (exact) mass is 371 g/mol. The number of amides is 1. The molecule has 2 atom stereocenters. The van der Waals surface area contributed by atoms with E-state index in [0.717, 1.165) is 0 Å². The number of carbonyl (C=O) groups excluding carboxylic acids is 2. The van der Waals surface area contributed by atoms with Crippen LogP contribution in [0, 0.1) is 11.8 Å². The van der Waals surface area contributed by atoms with E-state index in [1.807, 2.05) is 20.8 Å². The molecule has 0 aromatic rings. The fraction of sp³-hybridized carbons (Fsp3) is 0.842. The molecule has 1 aliphatic rings. The van der Waals surface area contributed by atoms with E-state index < -0.39 is 23.1 Å². The van der Waals surface area contributed by atoms with Gasteiger partial charge in [0.05, 0.1) is 5.92 Å². The van der Waals surface area contributed by atoms with Gasteiger partial charge in [-0.15, -0.1) is 0 Å². The van der Waals surface area contributed by atoms with Crippen LogP contribution in [-0.2, 0) is 19.1 Å². The van der Waals surface area contributed by atoms with Gasteiger partial charge < -0.3 is 19.5 Å². The minimum atomic E-state index is -0.880. The maximum Gasteiger partial charge on any atom is 0.410 e. The van der Waals surface area contributed by atoms with Gasteiger partial charge in [-0.2, -0.15) is 0 Å². The Labute approximate surface area is 156 Å². The van der Waals surface area contributed by atoms with Gasteiger partial charge in [0.1, 0.15) is 11.2 Å². The molecule has 7 nitrogen and oxygen atoms in total. The van der Waals surface area contributed by atoms with Crippen LogP contribution in [0.3, 0.4) is 0 Å². The Bertz CT molecular complexity index is 517. The lowest BCUT2D eigenvalue weighted by molar-refractivity contribution is -0.162. The molecule has 0 aromatic heterocycles. The molecule has 1 amide bonds. The molecule has 150 valence electrons. The Hall–Kier alpha value is -1.79. The van der Waals surface area contributed by atoms with Crippen molar-refractivity contribution in [3.05, 3.63) is 0 Å². The number of rotatable bonds is 6. The highest BCUT2D eigenvalue weighted by atomic mass is 16.6. The summed E-state index contributed by atoms with van der Waals surface area (Å²) in [5, 5.41) is 8.85. The Morgan fingerprint density at radius 3 is 2.15 bits per heavy atom. The van der Waals surface area contributed by atoms with Gasteiger partial charge in [0.2, 0.25) is 0 Å². The van der Waals surface area contributed by atoms with Crippen molar-refractivity contribution in [2.45, 2.75) is 78.4 Å². The molecule has 1 N–H and O–H groups in total. The van der Waals surface area contributed by atoms with Crippen molar-refractivity contribution in [1.29, 1.82) is 0 Å². The molecule has 0 radical (unpaired) electrons. The summed E-state index contributed by atoms with van der Waals surface area (Å²) in [6.45, 7) is 11.8. The highest BCUT2D eigenvalue weighted by molar-refractivity contribution is 5.74. The van der Waals surface area contributed by atoms with Gasteiger partial charge in [-0.3, -0.25) is 9.59 Å². The zero-order valence-electron chi connectivity index (χ0n) is 16.8. The highest BCUT2D eigenvalue weighted by Crippen LogP contribution is 2.31. The maximum atomic E-state index is 12.6. The van der Waals surface area contributed by atoms with Crippen LogP contribution in [0.4, 0.5) is 4.79 Å². The SMILES string of the molecule is CC(C)(C)OC(=O)[C@@H](CCCC(=O)O)[C@H]1CCN(C(=O)OC(C)(C)C)C1. The Morgan fingerprint density at radius 1 is 1.08 bits per heavy atom. The van der Waals surface area contributed by atoms with Crippen LogP contribution in [0.1, 0.15) is 67.2 Å². The van der Waals surface area contributed by atoms with Gasteiger partial charge >= 0.3 is 18.0 Å². The first-order chi connectivity index (χ1) is 11.8. The predicted molar refractivity (Wildman–Crippen MR) is 96.7 cm³/mol. The van der Waals surface area contributed by atoms with Gasteiger partial charge in [0.25, 0.3) is 0 Å². The van der Waals surface area contributed by atoms with Crippen LogP contribution in [-0.4, -0.2) is 52.3 Å². The molecule has 0 spiro atoms. The summed E-state index contributed by atoms with van der Waals surface area (Å²) < 4.78 is 10.9. The number of esters is 1. The van der Waals surface area contributed by atoms with Crippen LogP contribution >= 0.6 is 0 Å². The minimum absolute atomic E-state index is 0.0157. The summed E-state index contributed by atoms with van der Waals surface area (Å²) in [4.78, 5) is 37.3. The molecule has 1 fully saturated rings. The normalized spacial score (nSPS) is 19.2. The van der Waals surface area contributed by atoms with Crippen LogP contribution < -0.4 is 0 Å². The second-order valence-corrected chi connectivity index (χ2v) is 8.90. The summed E-state index contributed by atoms with van der Waals surface area (Å²) in [7, 11) is 0. The summed E-state index contributed by atoms with van der Waals surface area (Å²) in [6.07, 6.45) is 1.15. The Morgan fingerprint density at radius 2 is 1.65 bits per heavy atom. The van der Waals surface area contributed by atoms with Crippen molar-refractivity contribution in [2.24, 2.45) is 11.8 Å². The third-order valence-electron chi connectivity index (χ3n) is 4.06. The zero-order valence-corrected chi connectivity index (χ0v) is 16.8. The van der Waals surface area contributed by atoms with Crippen LogP contribution in [0.5, 0.6) is 0 Å². The number of likely N-dealkylation sites (tertiary alicyclic amines) is 1. The first-order valence-corrected chi connectivity index (χ1v) is 9.21. The number of hydrogen-bond acceptors (Lipinski definition) is 5. The number of hydrogen-bond donors (Lipinski definition) is 1. The molecule has 0 unspecified atom stereocenters. The summed E-state index contributed by atoms with van der Waals surface area (Å²) >= 11 is 0. The lowest BCUT2D eigenvalue weighted by atomic mass is 9.87. The van der Waals surface area contributed by atoms with Crippen LogP contribution in [0.25, 0.3) is 0 Å². The predicted octanol–water partition coefficient (Wildman–Crippen LogP) is 3.46. The lowest BCUT2D eigenvalue weighted by Gasteiger charge is -2.28. The third kappa shape index (κ3) is 8.06.